The Morgan fingerprint density at radius 1 is 1.37 bits per heavy atom. The largest absolute Gasteiger partial charge is 0.338 e. The molecule has 1 aromatic carbocycles. The molecule has 0 aliphatic rings. The van der Waals surface area contributed by atoms with Gasteiger partial charge in [-0.2, -0.15) is 5.10 Å². The minimum Gasteiger partial charge on any atom is -0.338 e. The second-order valence-electron chi connectivity index (χ2n) is 4.39. The lowest BCUT2D eigenvalue weighted by Gasteiger charge is -2.15. The van der Waals surface area contributed by atoms with Crippen molar-refractivity contribution in [3.63, 3.8) is 0 Å². The van der Waals surface area contributed by atoms with Crippen molar-refractivity contribution in [1.29, 1.82) is 0 Å². The van der Waals surface area contributed by atoms with Crippen molar-refractivity contribution in [2.24, 2.45) is 0 Å². The Kier molecular flexibility index (Phi) is 4.31. The van der Waals surface area contributed by atoms with E-state index in [1.807, 2.05) is 31.2 Å². The van der Waals surface area contributed by atoms with E-state index in [4.69, 9.17) is 0 Å². The highest BCUT2D eigenvalue weighted by atomic mass is 79.9. The van der Waals surface area contributed by atoms with E-state index < -0.39 is 0 Å². The molecule has 1 aromatic heterocycles. The molecule has 2 rings (SSSR count). The van der Waals surface area contributed by atoms with Crippen molar-refractivity contribution in [3.05, 3.63) is 46.0 Å². The predicted octanol–water partition coefficient (Wildman–Crippen LogP) is 2.08. The number of carbonyl (C=O) groups is 1. The molecule has 0 fully saturated rings. The van der Waals surface area contributed by atoms with Gasteiger partial charge in [0.2, 0.25) is 5.91 Å². The maximum Gasteiger partial charge on any atom is 0.227 e. The van der Waals surface area contributed by atoms with Gasteiger partial charge in [0, 0.05) is 11.5 Å². The molecule has 0 spiro atoms. The van der Waals surface area contributed by atoms with Crippen LogP contribution in [0.4, 0.5) is 0 Å². The summed E-state index contributed by atoms with van der Waals surface area (Å²) in [6.45, 7) is 2.25. The van der Waals surface area contributed by atoms with Gasteiger partial charge in [0.15, 0.2) is 5.82 Å². The Hall–Kier alpha value is -1.69. The van der Waals surface area contributed by atoms with Crippen LogP contribution in [0.3, 0.4) is 0 Å². The molecule has 2 aromatic rings. The molecule has 1 heterocycles. The third kappa shape index (κ3) is 3.89. The first-order valence-corrected chi connectivity index (χ1v) is 6.70. The molecule has 6 heteroatoms. The molecule has 0 aliphatic carbocycles. The normalized spacial score (nSPS) is 10.5. The molecule has 0 unspecified atom stereocenters. The number of aryl methyl sites for hydroxylation is 1. The summed E-state index contributed by atoms with van der Waals surface area (Å²) in [7, 11) is 1.76. The number of rotatable bonds is 4. The molecule has 1 N–H and O–H groups in total. The maximum atomic E-state index is 12.1. The van der Waals surface area contributed by atoms with Crippen molar-refractivity contribution >= 4 is 21.8 Å². The zero-order valence-corrected chi connectivity index (χ0v) is 12.4. The van der Waals surface area contributed by atoms with Crippen LogP contribution in [-0.4, -0.2) is 33.0 Å². The molecule has 5 nitrogen and oxygen atoms in total. The summed E-state index contributed by atoms with van der Waals surface area (Å²) < 4.78 is 1.01. The van der Waals surface area contributed by atoms with Gasteiger partial charge >= 0.3 is 0 Å². The summed E-state index contributed by atoms with van der Waals surface area (Å²) in [4.78, 5) is 17.9. The number of aromatic amines is 1. The maximum absolute atomic E-state index is 12.1. The van der Waals surface area contributed by atoms with Crippen LogP contribution < -0.4 is 0 Å². The van der Waals surface area contributed by atoms with Crippen LogP contribution >= 0.6 is 15.9 Å². The summed E-state index contributed by atoms with van der Waals surface area (Å²) in [6, 6.07) is 7.74. The van der Waals surface area contributed by atoms with Gasteiger partial charge in [0.25, 0.3) is 0 Å². The first kappa shape index (κ1) is 13.7. The minimum absolute atomic E-state index is 0.0461. The number of H-pyrrole nitrogens is 1. The molecule has 0 saturated carbocycles. The van der Waals surface area contributed by atoms with E-state index >= 15 is 0 Å². The highest BCUT2D eigenvalue weighted by molar-refractivity contribution is 9.10. The van der Waals surface area contributed by atoms with Gasteiger partial charge in [-0.1, -0.05) is 28.1 Å². The van der Waals surface area contributed by atoms with Crippen LogP contribution in [0.2, 0.25) is 0 Å². The first-order valence-electron chi connectivity index (χ1n) is 5.91. The van der Waals surface area contributed by atoms with Crippen LogP contribution in [0.1, 0.15) is 17.2 Å². The van der Waals surface area contributed by atoms with Crippen LogP contribution in [0, 0.1) is 6.92 Å². The van der Waals surface area contributed by atoms with E-state index in [1.54, 1.807) is 11.9 Å². The molecule has 0 saturated heterocycles. The molecule has 0 bridgehead atoms. The standard InChI is InChI=1S/C13H15BrN4O/c1-9-15-12(17-16-9)8-18(2)13(19)7-10-3-5-11(14)6-4-10/h3-6H,7-8H2,1-2H3,(H,15,16,17). The van der Waals surface area contributed by atoms with Crippen molar-refractivity contribution < 1.29 is 4.79 Å². The third-order valence-electron chi connectivity index (χ3n) is 2.72. The molecule has 100 valence electrons. The van der Waals surface area contributed by atoms with Crippen LogP contribution in [0.25, 0.3) is 0 Å². The Labute approximate surface area is 120 Å². The minimum atomic E-state index is 0.0461. The number of carbonyl (C=O) groups excluding carboxylic acids is 1. The molecular formula is C13H15BrN4O. The Morgan fingerprint density at radius 2 is 2.05 bits per heavy atom. The van der Waals surface area contributed by atoms with Gasteiger partial charge in [0.1, 0.15) is 5.82 Å². The third-order valence-corrected chi connectivity index (χ3v) is 3.25. The molecule has 1 amide bonds. The Morgan fingerprint density at radius 3 is 2.63 bits per heavy atom. The lowest BCUT2D eigenvalue weighted by Crippen LogP contribution is -2.28. The number of hydrogen-bond acceptors (Lipinski definition) is 3. The second-order valence-corrected chi connectivity index (χ2v) is 5.31. The lowest BCUT2D eigenvalue weighted by atomic mass is 10.1. The fourth-order valence-corrected chi connectivity index (χ4v) is 1.94. The van der Waals surface area contributed by atoms with Crippen molar-refractivity contribution in [1.82, 2.24) is 20.1 Å². The first-order chi connectivity index (χ1) is 9.04. The Balaban J connectivity index is 1.94. The summed E-state index contributed by atoms with van der Waals surface area (Å²) in [5, 5.41) is 6.79. The number of aromatic nitrogens is 3. The smallest absolute Gasteiger partial charge is 0.227 e. The van der Waals surface area contributed by atoms with Gasteiger partial charge < -0.3 is 4.90 Å². The van der Waals surface area contributed by atoms with Gasteiger partial charge in [-0.15, -0.1) is 0 Å². The van der Waals surface area contributed by atoms with Crippen LogP contribution in [0.5, 0.6) is 0 Å². The molecule has 19 heavy (non-hydrogen) atoms. The van der Waals surface area contributed by atoms with Crippen LogP contribution in [-0.2, 0) is 17.8 Å². The summed E-state index contributed by atoms with van der Waals surface area (Å²) in [5.74, 6) is 1.43. The van der Waals surface area contributed by atoms with Gasteiger partial charge in [0.05, 0.1) is 13.0 Å². The molecule has 0 aliphatic heterocycles. The highest BCUT2D eigenvalue weighted by Crippen LogP contribution is 2.11. The fraction of sp³-hybridized carbons (Fsp3) is 0.308. The van der Waals surface area contributed by atoms with E-state index in [9.17, 15) is 4.79 Å². The monoisotopic (exact) mass is 322 g/mol. The number of benzene rings is 1. The number of hydrogen-bond donors (Lipinski definition) is 1. The number of nitrogens with one attached hydrogen (secondary N) is 1. The topological polar surface area (TPSA) is 61.9 Å². The molecular weight excluding hydrogens is 308 g/mol. The van der Waals surface area contributed by atoms with E-state index in [1.165, 1.54) is 0 Å². The molecule has 0 atom stereocenters. The van der Waals surface area contributed by atoms with E-state index in [2.05, 4.69) is 31.1 Å². The summed E-state index contributed by atoms with van der Waals surface area (Å²) in [5.41, 5.74) is 0.992. The van der Waals surface area contributed by atoms with Crippen molar-refractivity contribution in [2.75, 3.05) is 7.05 Å². The van der Waals surface area contributed by atoms with Crippen molar-refractivity contribution in [3.8, 4) is 0 Å². The fourth-order valence-electron chi connectivity index (χ4n) is 1.67. The summed E-state index contributed by atoms with van der Waals surface area (Å²) in [6.07, 6.45) is 0.382. The quantitative estimate of drug-likeness (QED) is 0.937. The lowest BCUT2D eigenvalue weighted by molar-refractivity contribution is -0.129. The summed E-state index contributed by atoms with van der Waals surface area (Å²) >= 11 is 3.37. The van der Waals surface area contributed by atoms with E-state index in [-0.39, 0.29) is 5.91 Å². The predicted molar refractivity (Wildman–Crippen MR) is 75.4 cm³/mol. The SMILES string of the molecule is Cc1nc(CN(C)C(=O)Cc2ccc(Br)cc2)n[nH]1. The number of halogens is 1. The Bertz CT molecular complexity index is 564. The average Bonchev–Trinajstić information content (AvgIpc) is 2.77. The van der Waals surface area contributed by atoms with Gasteiger partial charge in [-0.3, -0.25) is 9.89 Å². The number of amides is 1. The van der Waals surface area contributed by atoms with Gasteiger partial charge in [-0.25, -0.2) is 4.98 Å². The average molecular weight is 323 g/mol. The zero-order valence-electron chi connectivity index (χ0n) is 10.9. The van der Waals surface area contributed by atoms with E-state index in [0.717, 1.165) is 15.9 Å². The zero-order chi connectivity index (χ0) is 13.8. The molecule has 0 radical (unpaired) electrons. The second kappa shape index (κ2) is 5.97. The number of nitrogens with zero attached hydrogens (tertiary/aromatic N) is 3. The highest BCUT2D eigenvalue weighted by Gasteiger charge is 2.12. The van der Waals surface area contributed by atoms with E-state index in [0.29, 0.717) is 18.8 Å². The van der Waals surface area contributed by atoms with Gasteiger partial charge in [-0.05, 0) is 24.6 Å². The van der Waals surface area contributed by atoms with Crippen LogP contribution in [0.15, 0.2) is 28.7 Å². The number of likely N-dealkylation sites (N-methyl/N-ethyl adjacent to an activating group) is 1. The van der Waals surface area contributed by atoms with Crippen molar-refractivity contribution in [2.45, 2.75) is 19.9 Å².